The number of methoxy groups -OCH3 is 1. The average molecular weight is 302 g/mol. The van der Waals surface area contributed by atoms with Gasteiger partial charge in [-0.2, -0.15) is 0 Å². The predicted molar refractivity (Wildman–Crippen MR) is 83.4 cm³/mol. The van der Waals surface area contributed by atoms with Crippen LogP contribution in [0.3, 0.4) is 0 Å². The molecule has 21 heavy (non-hydrogen) atoms. The Morgan fingerprint density at radius 3 is 2.81 bits per heavy atom. The molecule has 3 aromatic rings. The fourth-order valence-corrected chi connectivity index (χ4v) is 3.50. The molecular formula is C17H15FO2S. The number of aliphatic hydroxyl groups is 1. The van der Waals surface area contributed by atoms with Crippen LogP contribution in [0.15, 0.2) is 47.8 Å². The van der Waals surface area contributed by atoms with Crippen LogP contribution in [0, 0.1) is 5.82 Å². The second kappa shape index (κ2) is 5.84. The topological polar surface area (TPSA) is 29.5 Å². The van der Waals surface area contributed by atoms with Crippen LogP contribution in [0.1, 0.15) is 17.2 Å². The van der Waals surface area contributed by atoms with Gasteiger partial charge < -0.3 is 9.84 Å². The minimum absolute atomic E-state index is 0.218. The smallest absolute Gasteiger partial charge is 0.132 e. The summed E-state index contributed by atoms with van der Waals surface area (Å²) in [5, 5.41) is 13.6. The number of halogens is 1. The SMILES string of the molecule is COc1cccc(F)c1C(O)Cc1csc2ccccc12. The zero-order valence-corrected chi connectivity index (χ0v) is 12.4. The van der Waals surface area contributed by atoms with Crippen molar-refractivity contribution in [1.82, 2.24) is 0 Å². The highest BCUT2D eigenvalue weighted by molar-refractivity contribution is 7.17. The van der Waals surface area contributed by atoms with Gasteiger partial charge in [-0.3, -0.25) is 0 Å². The molecule has 0 radical (unpaired) electrons. The maximum atomic E-state index is 14.0. The summed E-state index contributed by atoms with van der Waals surface area (Å²) in [6.45, 7) is 0. The normalized spacial score (nSPS) is 12.5. The summed E-state index contributed by atoms with van der Waals surface area (Å²) in [6, 6.07) is 12.6. The maximum absolute atomic E-state index is 14.0. The fraction of sp³-hybridized carbons (Fsp3) is 0.176. The number of rotatable bonds is 4. The Kier molecular flexibility index (Phi) is 3.90. The average Bonchev–Trinajstić information content (AvgIpc) is 2.90. The van der Waals surface area contributed by atoms with Crippen molar-refractivity contribution in [3.8, 4) is 5.75 Å². The minimum atomic E-state index is -0.931. The van der Waals surface area contributed by atoms with Gasteiger partial charge in [0.2, 0.25) is 0 Å². The van der Waals surface area contributed by atoms with Gasteiger partial charge in [-0.25, -0.2) is 4.39 Å². The van der Waals surface area contributed by atoms with Gasteiger partial charge in [0.1, 0.15) is 11.6 Å². The lowest BCUT2D eigenvalue weighted by Gasteiger charge is -2.15. The number of fused-ring (bicyclic) bond motifs is 1. The molecule has 0 saturated carbocycles. The molecule has 2 aromatic carbocycles. The maximum Gasteiger partial charge on any atom is 0.132 e. The van der Waals surface area contributed by atoms with E-state index in [0.29, 0.717) is 12.2 Å². The van der Waals surface area contributed by atoms with Crippen LogP contribution in [0.4, 0.5) is 4.39 Å². The first kappa shape index (κ1) is 14.0. The van der Waals surface area contributed by atoms with Crippen molar-refractivity contribution in [1.29, 1.82) is 0 Å². The van der Waals surface area contributed by atoms with Crippen molar-refractivity contribution in [2.45, 2.75) is 12.5 Å². The Balaban J connectivity index is 1.95. The Hall–Kier alpha value is -1.91. The zero-order chi connectivity index (χ0) is 14.8. The van der Waals surface area contributed by atoms with Crippen molar-refractivity contribution < 1.29 is 14.2 Å². The molecule has 1 unspecified atom stereocenters. The van der Waals surface area contributed by atoms with Crippen LogP contribution in [0.5, 0.6) is 5.75 Å². The molecule has 4 heteroatoms. The number of benzene rings is 2. The molecule has 0 fully saturated rings. The Morgan fingerprint density at radius 2 is 2.00 bits per heavy atom. The van der Waals surface area contributed by atoms with Gasteiger partial charge >= 0.3 is 0 Å². The lowest BCUT2D eigenvalue weighted by atomic mass is 9.99. The van der Waals surface area contributed by atoms with Crippen molar-refractivity contribution in [2.75, 3.05) is 7.11 Å². The molecular weight excluding hydrogens is 287 g/mol. The van der Waals surface area contributed by atoms with Gasteiger partial charge in [-0.05, 0) is 34.5 Å². The van der Waals surface area contributed by atoms with Crippen molar-refractivity contribution in [3.05, 3.63) is 64.8 Å². The van der Waals surface area contributed by atoms with E-state index in [4.69, 9.17) is 4.74 Å². The summed E-state index contributed by atoms with van der Waals surface area (Å²) >= 11 is 1.63. The number of hydrogen-bond acceptors (Lipinski definition) is 3. The molecule has 1 heterocycles. The standard InChI is InChI=1S/C17H15FO2S/c1-20-15-7-4-6-13(18)17(15)14(19)9-11-10-21-16-8-3-2-5-12(11)16/h2-8,10,14,19H,9H2,1H3. The quantitative estimate of drug-likeness (QED) is 0.777. The van der Waals surface area contributed by atoms with Gasteiger partial charge in [0.05, 0.1) is 18.8 Å². The molecule has 0 bridgehead atoms. The highest BCUT2D eigenvalue weighted by atomic mass is 32.1. The minimum Gasteiger partial charge on any atom is -0.496 e. The van der Waals surface area contributed by atoms with E-state index in [1.165, 1.54) is 17.9 Å². The summed E-state index contributed by atoms with van der Waals surface area (Å²) in [5.41, 5.74) is 1.24. The zero-order valence-electron chi connectivity index (χ0n) is 11.5. The van der Waals surface area contributed by atoms with Gasteiger partial charge in [0.15, 0.2) is 0 Å². The Bertz CT molecular complexity index is 766. The lowest BCUT2D eigenvalue weighted by Crippen LogP contribution is -2.06. The van der Waals surface area contributed by atoms with Crippen LogP contribution in [-0.4, -0.2) is 12.2 Å². The Labute approximate surface area is 126 Å². The van der Waals surface area contributed by atoms with Crippen molar-refractivity contribution in [2.24, 2.45) is 0 Å². The van der Waals surface area contributed by atoms with E-state index in [9.17, 15) is 9.50 Å². The van der Waals surface area contributed by atoms with Gasteiger partial charge in [-0.15, -0.1) is 11.3 Å². The first-order valence-corrected chi connectivity index (χ1v) is 7.54. The van der Waals surface area contributed by atoms with Crippen molar-refractivity contribution >= 4 is 21.4 Å². The molecule has 0 saturated heterocycles. The monoisotopic (exact) mass is 302 g/mol. The van der Waals surface area contributed by atoms with Crippen LogP contribution < -0.4 is 4.74 Å². The molecule has 1 aromatic heterocycles. The van der Waals surface area contributed by atoms with E-state index in [1.807, 2.05) is 29.6 Å². The fourth-order valence-electron chi connectivity index (χ4n) is 2.52. The molecule has 0 aliphatic heterocycles. The third kappa shape index (κ3) is 2.64. The molecule has 0 aliphatic carbocycles. The predicted octanol–water partition coefficient (Wildman–Crippen LogP) is 4.33. The highest BCUT2D eigenvalue weighted by Crippen LogP contribution is 2.33. The van der Waals surface area contributed by atoms with Gasteiger partial charge in [0, 0.05) is 11.1 Å². The molecule has 1 atom stereocenters. The number of aliphatic hydroxyl groups excluding tert-OH is 1. The number of hydrogen-bond donors (Lipinski definition) is 1. The van der Waals surface area contributed by atoms with E-state index in [0.717, 1.165) is 10.9 Å². The summed E-state index contributed by atoms with van der Waals surface area (Å²) in [4.78, 5) is 0. The third-order valence-electron chi connectivity index (χ3n) is 3.54. The molecule has 108 valence electrons. The highest BCUT2D eigenvalue weighted by Gasteiger charge is 2.19. The second-order valence-electron chi connectivity index (χ2n) is 4.83. The van der Waals surface area contributed by atoms with Gasteiger partial charge in [0.25, 0.3) is 0 Å². The second-order valence-corrected chi connectivity index (χ2v) is 5.74. The third-order valence-corrected chi connectivity index (χ3v) is 4.55. The molecule has 2 nitrogen and oxygen atoms in total. The molecule has 1 N–H and O–H groups in total. The molecule has 0 spiro atoms. The number of thiophene rings is 1. The van der Waals surface area contributed by atoms with Crippen LogP contribution in [-0.2, 0) is 6.42 Å². The summed E-state index contributed by atoms with van der Waals surface area (Å²) in [7, 11) is 1.48. The van der Waals surface area contributed by atoms with E-state index in [-0.39, 0.29) is 5.56 Å². The number of ether oxygens (including phenoxy) is 1. The largest absolute Gasteiger partial charge is 0.496 e. The van der Waals surface area contributed by atoms with Crippen molar-refractivity contribution in [3.63, 3.8) is 0 Å². The van der Waals surface area contributed by atoms with E-state index in [1.54, 1.807) is 23.5 Å². The summed E-state index contributed by atoms with van der Waals surface area (Å²) < 4.78 is 20.3. The Morgan fingerprint density at radius 1 is 1.19 bits per heavy atom. The molecule has 0 amide bonds. The van der Waals surface area contributed by atoms with E-state index < -0.39 is 11.9 Å². The van der Waals surface area contributed by atoms with Crippen LogP contribution in [0.2, 0.25) is 0 Å². The molecule has 3 rings (SSSR count). The van der Waals surface area contributed by atoms with Crippen LogP contribution >= 0.6 is 11.3 Å². The first-order valence-electron chi connectivity index (χ1n) is 6.66. The summed E-state index contributed by atoms with van der Waals surface area (Å²) in [5.74, 6) is -0.0663. The summed E-state index contributed by atoms with van der Waals surface area (Å²) in [6.07, 6.45) is -0.569. The van der Waals surface area contributed by atoms with Crippen LogP contribution in [0.25, 0.3) is 10.1 Å². The first-order chi connectivity index (χ1) is 10.2. The van der Waals surface area contributed by atoms with Gasteiger partial charge in [-0.1, -0.05) is 24.3 Å². The lowest BCUT2D eigenvalue weighted by molar-refractivity contribution is 0.169. The van der Waals surface area contributed by atoms with E-state index >= 15 is 0 Å². The van der Waals surface area contributed by atoms with E-state index in [2.05, 4.69) is 0 Å². The molecule has 0 aliphatic rings.